The Morgan fingerprint density at radius 1 is 1.32 bits per heavy atom. The molecule has 0 aliphatic carbocycles. The number of carboxylic acid groups (broad SMARTS) is 1. The van der Waals surface area contributed by atoms with E-state index in [1.807, 2.05) is 0 Å². The maximum Gasteiger partial charge on any atom is 0.339 e. The van der Waals surface area contributed by atoms with Crippen molar-refractivity contribution in [2.75, 3.05) is 7.05 Å². The van der Waals surface area contributed by atoms with Gasteiger partial charge in [0, 0.05) is 13.0 Å². The molecule has 0 saturated heterocycles. The van der Waals surface area contributed by atoms with Crippen molar-refractivity contribution in [1.29, 1.82) is 0 Å². The van der Waals surface area contributed by atoms with Crippen LogP contribution in [0, 0.1) is 18.7 Å². The molecule has 1 amide bonds. The van der Waals surface area contributed by atoms with Crippen LogP contribution in [0.5, 0.6) is 0 Å². The van der Waals surface area contributed by atoms with Crippen LogP contribution in [-0.4, -0.2) is 28.9 Å². The van der Waals surface area contributed by atoms with Gasteiger partial charge in [0.15, 0.2) is 0 Å². The first kappa shape index (κ1) is 18.7. The molecule has 25 heavy (non-hydrogen) atoms. The van der Waals surface area contributed by atoms with Crippen LogP contribution in [0.3, 0.4) is 0 Å². The number of aryl methyl sites for hydroxylation is 2. The third-order valence-electron chi connectivity index (χ3n) is 4.19. The number of benzene rings is 1. The number of carbonyl (C=O) groups is 2. The quantitative estimate of drug-likeness (QED) is 0.830. The lowest BCUT2D eigenvalue weighted by atomic mass is 9.99. The molecule has 1 heterocycles. The molecular weight excluding hydrogens is 325 g/mol. The van der Waals surface area contributed by atoms with Crippen molar-refractivity contribution in [1.82, 2.24) is 4.90 Å². The summed E-state index contributed by atoms with van der Waals surface area (Å²) in [5.41, 5.74) is 0.695. The molecule has 0 spiro atoms. The fourth-order valence-electron chi connectivity index (χ4n) is 2.72. The van der Waals surface area contributed by atoms with E-state index in [-0.39, 0.29) is 29.8 Å². The highest BCUT2D eigenvalue weighted by Crippen LogP contribution is 2.18. The van der Waals surface area contributed by atoms with Crippen molar-refractivity contribution in [2.24, 2.45) is 5.92 Å². The molecule has 2 aromatic rings. The highest BCUT2D eigenvalue weighted by atomic mass is 19.1. The number of amides is 1. The molecule has 1 aromatic carbocycles. The van der Waals surface area contributed by atoms with Crippen molar-refractivity contribution in [3.8, 4) is 0 Å². The summed E-state index contributed by atoms with van der Waals surface area (Å²) in [7, 11) is 1.64. The van der Waals surface area contributed by atoms with Crippen LogP contribution >= 0.6 is 0 Å². The molecule has 6 heteroatoms. The van der Waals surface area contributed by atoms with E-state index < -0.39 is 5.97 Å². The number of hydrogen-bond acceptors (Lipinski definition) is 3. The third-order valence-corrected chi connectivity index (χ3v) is 4.19. The monoisotopic (exact) mass is 347 g/mol. The first-order valence-corrected chi connectivity index (χ1v) is 8.10. The second-order valence-corrected chi connectivity index (χ2v) is 6.21. The van der Waals surface area contributed by atoms with E-state index in [0.29, 0.717) is 29.9 Å². The van der Waals surface area contributed by atoms with Crippen molar-refractivity contribution in [2.45, 2.75) is 33.2 Å². The summed E-state index contributed by atoms with van der Waals surface area (Å²) in [5.74, 6) is -0.951. The van der Waals surface area contributed by atoms with Crippen LogP contribution in [0.1, 0.15) is 40.8 Å². The highest BCUT2D eigenvalue weighted by molar-refractivity contribution is 5.88. The van der Waals surface area contributed by atoms with E-state index in [0.717, 1.165) is 0 Å². The van der Waals surface area contributed by atoms with Crippen LogP contribution in [0.2, 0.25) is 0 Å². The minimum absolute atomic E-state index is 0.0951. The number of furan rings is 1. The van der Waals surface area contributed by atoms with Crippen LogP contribution in [-0.2, 0) is 17.8 Å². The van der Waals surface area contributed by atoms with Gasteiger partial charge in [-0.05, 0) is 37.5 Å². The lowest BCUT2D eigenvalue weighted by Gasteiger charge is -2.20. The van der Waals surface area contributed by atoms with E-state index in [2.05, 4.69) is 0 Å². The van der Waals surface area contributed by atoms with Crippen molar-refractivity contribution in [3.63, 3.8) is 0 Å². The minimum Gasteiger partial charge on any atom is -0.478 e. The molecule has 0 aliphatic heterocycles. The molecule has 0 saturated carbocycles. The lowest BCUT2D eigenvalue weighted by molar-refractivity contribution is -0.134. The summed E-state index contributed by atoms with van der Waals surface area (Å²) in [4.78, 5) is 25.0. The molecule has 0 aliphatic rings. The van der Waals surface area contributed by atoms with Gasteiger partial charge in [-0.2, -0.15) is 0 Å². The lowest BCUT2D eigenvalue weighted by Crippen LogP contribution is -2.31. The molecule has 0 bridgehead atoms. The topological polar surface area (TPSA) is 70.8 Å². The van der Waals surface area contributed by atoms with Crippen molar-refractivity contribution < 1.29 is 23.5 Å². The molecular formula is C19H22FNO4. The molecule has 134 valence electrons. The Hall–Kier alpha value is -2.63. The Balaban J connectivity index is 1.93. The Labute approximate surface area is 146 Å². The Bertz CT molecular complexity index is 769. The van der Waals surface area contributed by atoms with Crippen LogP contribution in [0.25, 0.3) is 0 Å². The first-order valence-electron chi connectivity index (χ1n) is 8.10. The van der Waals surface area contributed by atoms with Crippen molar-refractivity contribution >= 4 is 11.9 Å². The van der Waals surface area contributed by atoms with Gasteiger partial charge in [-0.15, -0.1) is 0 Å². The zero-order valence-corrected chi connectivity index (χ0v) is 14.6. The molecule has 1 unspecified atom stereocenters. The average molecular weight is 347 g/mol. The number of halogens is 1. The summed E-state index contributed by atoms with van der Waals surface area (Å²) in [6, 6.07) is 7.97. The van der Waals surface area contributed by atoms with E-state index in [1.54, 1.807) is 39.1 Å². The zero-order chi connectivity index (χ0) is 18.6. The number of aromatic carboxylic acids is 1. The standard InChI is InChI=1S/C19H22FNO4/c1-12(8-9-14-6-4-5-7-17(14)20)18(22)21(3)11-15-10-16(19(23)24)13(2)25-15/h4-7,10,12H,8-9,11H2,1-3H3,(H,23,24). The summed E-state index contributed by atoms with van der Waals surface area (Å²) in [6.45, 7) is 3.57. The van der Waals surface area contributed by atoms with Gasteiger partial charge in [0.2, 0.25) is 5.91 Å². The van der Waals surface area contributed by atoms with Gasteiger partial charge in [-0.25, -0.2) is 9.18 Å². The fraction of sp³-hybridized carbons (Fsp3) is 0.368. The third kappa shape index (κ3) is 4.68. The van der Waals surface area contributed by atoms with E-state index in [4.69, 9.17) is 9.52 Å². The zero-order valence-electron chi connectivity index (χ0n) is 14.6. The van der Waals surface area contributed by atoms with Crippen LogP contribution in [0.15, 0.2) is 34.7 Å². The van der Waals surface area contributed by atoms with Crippen LogP contribution < -0.4 is 0 Å². The SMILES string of the molecule is Cc1oc(CN(C)C(=O)C(C)CCc2ccccc2F)cc1C(=O)O. The highest BCUT2D eigenvalue weighted by Gasteiger charge is 2.21. The molecule has 2 rings (SSSR count). The van der Waals surface area contributed by atoms with E-state index in [1.165, 1.54) is 17.0 Å². The summed E-state index contributed by atoms with van der Waals surface area (Å²) in [6.07, 6.45) is 1.01. The maximum atomic E-state index is 13.6. The Morgan fingerprint density at radius 3 is 2.60 bits per heavy atom. The molecule has 0 radical (unpaired) electrons. The number of nitrogens with zero attached hydrogens (tertiary/aromatic N) is 1. The van der Waals surface area contributed by atoms with Gasteiger partial charge in [0.05, 0.1) is 6.54 Å². The Morgan fingerprint density at radius 2 is 2.00 bits per heavy atom. The second-order valence-electron chi connectivity index (χ2n) is 6.21. The molecule has 0 fully saturated rings. The van der Waals surface area contributed by atoms with Gasteiger partial charge >= 0.3 is 5.97 Å². The molecule has 1 N–H and O–H groups in total. The van der Waals surface area contributed by atoms with Gasteiger partial charge in [-0.3, -0.25) is 4.79 Å². The molecule has 5 nitrogen and oxygen atoms in total. The number of carboxylic acids is 1. The predicted molar refractivity (Wildman–Crippen MR) is 90.8 cm³/mol. The maximum absolute atomic E-state index is 13.6. The van der Waals surface area contributed by atoms with Gasteiger partial charge in [0.25, 0.3) is 0 Å². The Kier molecular flexibility index (Phi) is 5.96. The van der Waals surface area contributed by atoms with Gasteiger partial charge in [-0.1, -0.05) is 25.1 Å². The largest absolute Gasteiger partial charge is 0.478 e. The summed E-state index contributed by atoms with van der Waals surface area (Å²) < 4.78 is 19.0. The van der Waals surface area contributed by atoms with E-state index >= 15 is 0 Å². The normalized spacial score (nSPS) is 12.0. The van der Waals surface area contributed by atoms with Gasteiger partial charge in [0.1, 0.15) is 22.9 Å². The van der Waals surface area contributed by atoms with Gasteiger partial charge < -0.3 is 14.4 Å². The number of carbonyl (C=O) groups excluding carboxylic acids is 1. The van der Waals surface area contributed by atoms with Crippen LogP contribution in [0.4, 0.5) is 4.39 Å². The number of hydrogen-bond donors (Lipinski definition) is 1. The van der Waals surface area contributed by atoms with Crippen molar-refractivity contribution in [3.05, 3.63) is 58.8 Å². The average Bonchev–Trinajstić information content (AvgIpc) is 2.93. The minimum atomic E-state index is -1.06. The number of rotatable bonds is 7. The summed E-state index contributed by atoms with van der Waals surface area (Å²) in [5, 5.41) is 9.04. The first-order chi connectivity index (χ1) is 11.8. The molecule has 1 aromatic heterocycles. The van der Waals surface area contributed by atoms with E-state index in [9.17, 15) is 14.0 Å². The fourth-order valence-corrected chi connectivity index (χ4v) is 2.72. The predicted octanol–water partition coefficient (Wildman–Crippen LogP) is 3.65. The molecule has 1 atom stereocenters. The smallest absolute Gasteiger partial charge is 0.339 e. The second kappa shape index (κ2) is 7.96. The summed E-state index contributed by atoms with van der Waals surface area (Å²) >= 11 is 0.